The average Bonchev–Trinajstić information content (AvgIpc) is 2.84. The summed E-state index contributed by atoms with van der Waals surface area (Å²) in [4.78, 5) is 27.7. The van der Waals surface area contributed by atoms with E-state index in [0.717, 1.165) is 41.0 Å². The lowest BCUT2D eigenvalue weighted by Gasteiger charge is -2.31. The molecule has 2 rings (SSSR count). The molecule has 0 saturated carbocycles. The fourth-order valence-electron chi connectivity index (χ4n) is 3.56. The van der Waals surface area contributed by atoms with Crippen LogP contribution in [-0.4, -0.2) is 61.9 Å². The highest BCUT2D eigenvalue weighted by Crippen LogP contribution is 2.16. The molecule has 0 aliphatic carbocycles. The van der Waals surface area contributed by atoms with Gasteiger partial charge in [0.15, 0.2) is 0 Å². The van der Waals surface area contributed by atoms with Gasteiger partial charge >= 0.3 is 0 Å². The lowest BCUT2D eigenvalue weighted by Crippen LogP contribution is -2.51. The molecule has 1 N–H and O–H groups in total. The van der Waals surface area contributed by atoms with Crippen LogP contribution in [0.1, 0.15) is 44.2 Å². The van der Waals surface area contributed by atoms with Crippen LogP contribution >= 0.6 is 0 Å². The number of nitrogens with zero attached hydrogens (tertiary/aromatic N) is 2. The Bertz CT molecular complexity index is 1040. The van der Waals surface area contributed by atoms with E-state index >= 15 is 0 Å². The second-order valence-corrected chi connectivity index (χ2v) is 10.5. The molecule has 0 aliphatic rings. The summed E-state index contributed by atoms with van der Waals surface area (Å²) in [5, 5.41) is 2.90. The van der Waals surface area contributed by atoms with E-state index in [4.69, 9.17) is 4.74 Å². The van der Waals surface area contributed by atoms with Crippen molar-refractivity contribution in [1.82, 2.24) is 14.5 Å². The topological polar surface area (TPSA) is 96.0 Å². The molecule has 0 heterocycles. The number of unbranched alkanes of at least 4 members (excludes halogenated alkanes) is 2. The van der Waals surface area contributed by atoms with Gasteiger partial charge in [0.2, 0.25) is 21.8 Å². The Balaban J connectivity index is 2.24. The number of sulfonamides is 1. The normalized spacial score (nSPS) is 12.3. The van der Waals surface area contributed by atoms with Crippen LogP contribution in [0.3, 0.4) is 0 Å². The number of carbonyl (C=O) groups excluding carboxylic acids is 2. The summed E-state index contributed by atoms with van der Waals surface area (Å²) in [6, 6.07) is 15.5. The lowest BCUT2D eigenvalue weighted by atomic mass is 10.1. The van der Waals surface area contributed by atoms with Gasteiger partial charge in [-0.25, -0.2) is 8.42 Å². The van der Waals surface area contributed by atoms with Gasteiger partial charge in [0.1, 0.15) is 11.8 Å². The van der Waals surface area contributed by atoms with Gasteiger partial charge in [-0.2, -0.15) is 4.31 Å². The van der Waals surface area contributed by atoms with E-state index in [2.05, 4.69) is 12.2 Å². The number of hydrogen-bond acceptors (Lipinski definition) is 5. The maximum Gasteiger partial charge on any atom is 0.242 e. The molecule has 0 unspecified atom stereocenters. The average molecular weight is 504 g/mol. The van der Waals surface area contributed by atoms with E-state index < -0.39 is 22.0 Å². The van der Waals surface area contributed by atoms with Gasteiger partial charge in [-0.15, -0.1) is 0 Å². The summed E-state index contributed by atoms with van der Waals surface area (Å²) >= 11 is 0. The third-order valence-electron chi connectivity index (χ3n) is 5.74. The summed E-state index contributed by atoms with van der Waals surface area (Å²) in [6.45, 7) is 4.15. The number of benzene rings is 2. The first kappa shape index (κ1) is 28.3. The largest absolute Gasteiger partial charge is 0.497 e. The van der Waals surface area contributed by atoms with Gasteiger partial charge < -0.3 is 15.0 Å². The predicted octanol–water partition coefficient (Wildman–Crippen LogP) is 3.18. The number of ether oxygens (including phenoxy) is 1. The molecule has 0 saturated heterocycles. The molecule has 35 heavy (non-hydrogen) atoms. The molecule has 0 fully saturated rings. The SMILES string of the molecule is CCCCCNC(=O)[C@H](C)N(Cc1ccc(OC)cc1)C(=O)CN(Cc1ccccc1)S(C)(=O)=O. The second kappa shape index (κ2) is 13.8. The Morgan fingerprint density at radius 2 is 1.60 bits per heavy atom. The van der Waals surface area contributed by atoms with Crippen molar-refractivity contribution in [1.29, 1.82) is 0 Å². The molecule has 0 aliphatic heterocycles. The van der Waals surface area contributed by atoms with Gasteiger partial charge in [0, 0.05) is 19.6 Å². The molecule has 2 amide bonds. The van der Waals surface area contributed by atoms with Crippen molar-refractivity contribution in [3.05, 3.63) is 65.7 Å². The monoisotopic (exact) mass is 503 g/mol. The fourth-order valence-corrected chi connectivity index (χ4v) is 4.29. The van der Waals surface area contributed by atoms with Crippen molar-refractivity contribution in [2.45, 2.75) is 52.2 Å². The molecule has 0 aromatic heterocycles. The first-order valence-electron chi connectivity index (χ1n) is 11.8. The number of methoxy groups -OCH3 is 1. The maximum absolute atomic E-state index is 13.5. The molecule has 0 radical (unpaired) electrons. The zero-order valence-electron chi connectivity index (χ0n) is 21.1. The highest BCUT2D eigenvalue weighted by atomic mass is 32.2. The smallest absolute Gasteiger partial charge is 0.242 e. The minimum atomic E-state index is -3.67. The van der Waals surface area contributed by atoms with Crippen molar-refractivity contribution in [3.8, 4) is 5.75 Å². The van der Waals surface area contributed by atoms with Crippen molar-refractivity contribution >= 4 is 21.8 Å². The van der Waals surface area contributed by atoms with Crippen molar-refractivity contribution in [2.75, 3.05) is 26.5 Å². The minimum absolute atomic E-state index is 0.0688. The van der Waals surface area contributed by atoms with E-state index in [1.807, 2.05) is 42.5 Å². The lowest BCUT2D eigenvalue weighted by molar-refractivity contribution is -0.140. The van der Waals surface area contributed by atoms with Crippen LogP contribution in [0.15, 0.2) is 54.6 Å². The van der Waals surface area contributed by atoms with Gasteiger partial charge in [-0.05, 0) is 36.6 Å². The summed E-state index contributed by atoms with van der Waals surface area (Å²) in [7, 11) is -2.10. The molecule has 2 aromatic rings. The first-order valence-corrected chi connectivity index (χ1v) is 13.7. The van der Waals surface area contributed by atoms with E-state index in [9.17, 15) is 18.0 Å². The Labute approximate surface area is 209 Å². The van der Waals surface area contributed by atoms with Crippen molar-refractivity contribution in [3.63, 3.8) is 0 Å². The van der Waals surface area contributed by atoms with E-state index in [-0.39, 0.29) is 25.5 Å². The standard InChI is InChI=1S/C26H37N3O5S/c1-5-6-10-17-27-26(31)21(2)29(19-23-13-15-24(34-3)16-14-23)25(30)20-28(35(4,32)33)18-22-11-8-7-9-12-22/h7-9,11-16,21H,5-6,10,17-20H2,1-4H3,(H,27,31)/t21-/m0/s1. The van der Waals surface area contributed by atoms with Crippen LogP contribution in [0, 0.1) is 0 Å². The molecular formula is C26H37N3O5S. The quantitative estimate of drug-likeness (QED) is 0.400. The fraction of sp³-hybridized carbons (Fsp3) is 0.462. The van der Waals surface area contributed by atoms with Crippen molar-refractivity contribution in [2.24, 2.45) is 0 Å². The third-order valence-corrected chi connectivity index (χ3v) is 6.94. The van der Waals surface area contributed by atoms with Crippen LogP contribution in [0.4, 0.5) is 0 Å². The second-order valence-electron chi connectivity index (χ2n) is 8.56. The van der Waals surface area contributed by atoms with Crippen LogP contribution in [0.2, 0.25) is 0 Å². The summed E-state index contributed by atoms with van der Waals surface area (Å²) in [6.07, 6.45) is 3.99. The molecule has 1 atom stereocenters. The van der Waals surface area contributed by atoms with Crippen LogP contribution in [0.5, 0.6) is 5.75 Å². The molecule has 0 bridgehead atoms. The molecule has 0 spiro atoms. The van der Waals surface area contributed by atoms with E-state index in [1.54, 1.807) is 26.2 Å². The molecule has 2 aromatic carbocycles. The highest BCUT2D eigenvalue weighted by molar-refractivity contribution is 7.88. The first-order chi connectivity index (χ1) is 16.7. The van der Waals surface area contributed by atoms with Gasteiger partial charge in [0.25, 0.3) is 0 Å². The summed E-state index contributed by atoms with van der Waals surface area (Å²) in [5.74, 6) is -0.0326. The number of rotatable bonds is 14. The third kappa shape index (κ3) is 9.33. The Morgan fingerprint density at radius 3 is 2.17 bits per heavy atom. The van der Waals surface area contributed by atoms with Crippen LogP contribution in [0.25, 0.3) is 0 Å². The zero-order chi connectivity index (χ0) is 25.8. The predicted molar refractivity (Wildman–Crippen MR) is 137 cm³/mol. The highest BCUT2D eigenvalue weighted by Gasteiger charge is 2.29. The Kier molecular flexibility index (Phi) is 11.2. The number of hydrogen-bond donors (Lipinski definition) is 1. The maximum atomic E-state index is 13.5. The van der Waals surface area contributed by atoms with Crippen molar-refractivity contribution < 1.29 is 22.7 Å². The van der Waals surface area contributed by atoms with Crippen LogP contribution in [-0.2, 0) is 32.7 Å². The number of carbonyl (C=O) groups is 2. The van der Waals surface area contributed by atoms with Gasteiger partial charge in [-0.1, -0.05) is 62.2 Å². The summed E-state index contributed by atoms with van der Waals surface area (Å²) in [5.41, 5.74) is 1.58. The number of amides is 2. The van der Waals surface area contributed by atoms with Gasteiger partial charge in [-0.3, -0.25) is 9.59 Å². The molecular weight excluding hydrogens is 466 g/mol. The molecule has 192 valence electrons. The van der Waals surface area contributed by atoms with Gasteiger partial charge in [0.05, 0.1) is 19.9 Å². The minimum Gasteiger partial charge on any atom is -0.497 e. The molecule has 8 nitrogen and oxygen atoms in total. The van der Waals surface area contributed by atoms with E-state index in [0.29, 0.717) is 12.3 Å². The summed E-state index contributed by atoms with van der Waals surface area (Å²) < 4.78 is 31.3. The number of nitrogens with one attached hydrogen (secondary N) is 1. The van der Waals surface area contributed by atoms with E-state index in [1.165, 1.54) is 4.90 Å². The Morgan fingerprint density at radius 1 is 0.971 bits per heavy atom. The Hall–Kier alpha value is -2.91. The van der Waals surface area contributed by atoms with Crippen LogP contribution < -0.4 is 10.1 Å². The zero-order valence-corrected chi connectivity index (χ0v) is 21.9. The molecule has 9 heteroatoms.